The highest BCUT2D eigenvalue weighted by Gasteiger charge is 2.24. The van der Waals surface area contributed by atoms with Crippen molar-refractivity contribution in [1.29, 1.82) is 0 Å². The van der Waals surface area contributed by atoms with Gasteiger partial charge in [0.15, 0.2) is 0 Å². The van der Waals surface area contributed by atoms with Crippen LogP contribution < -0.4 is 10.6 Å². The van der Waals surface area contributed by atoms with Crippen molar-refractivity contribution in [3.8, 4) is 0 Å². The first kappa shape index (κ1) is 16.7. The standard InChI is InChI=1S/C16H31N3O2/c1-13-11-14(6-8-17-13)16(21)18-7-2-3-9-19-10-4-5-15(19)12-20/h13-15,17,20H,2-12H2,1H3,(H,18,21)/t13-,14-,15?/m0/s1. The van der Waals surface area contributed by atoms with Crippen LogP contribution in [-0.2, 0) is 4.79 Å². The van der Waals surface area contributed by atoms with E-state index >= 15 is 0 Å². The molecular formula is C16H31N3O2. The lowest BCUT2D eigenvalue weighted by Gasteiger charge is -2.27. The van der Waals surface area contributed by atoms with Gasteiger partial charge in [-0.1, -0.05) is 0 Å². The molecule has 5 heteroatoms. The van der Waals surface area contributed by atoms with E-state index in [0.29, 0.717) is 12.1 Å². The lowest BCUT2D eigenvalue weighted by molar-refractivity contribution is -0.126. The molecule has 0 spiro atoms. The van der Waals surface area contributed by atoms with Crippen molar-refractivity contribution >= 4 is 5.91 Å². The van der Waals surface area contributed by atoms with E-state index in [2.05, 4.69) is 22.5 Å². The SMILES string of the molecule is C[C@H]1C[C@@H](C(=O)NCCCCN2CCCC2CO)CCN1. The molecule has 5 nitrogen and oxygen atoms in total. The van der Waals surface area contributed by atoms with Crippen LogP contribution >= 0.6 is 0 Å². The highest BCUT2D eigenvalue weighted by atomic mass is 16.3. The van der Waals surface area contributed by atoms with E-state index in [1.165, 1.54) is 6.42 Å². The van der Waals surface area contributed by atoms with Crippen LogP contribution in [0.15, 0.2) is 0 Å². The first-order valence-electron chi connectivity index (χ1n) is 8.56. The predicted molar refractivity (Wildman–Crippen MR) is 84.1 cm³/mol. The molecule has 2 aliphatic rings. The largest absolute Gasteiger partial charge is 0.395 e. The average Bonchev–Trinajstić information content (AvgIpc) is 2.94. The summed E-state index contributed by atoms with van der Waals surface area (Å²) in [5.41, 5.74) is 0. The van der Waals surface area contributed by atoms with E-state index in [-0.39, 0.29) is 18.4 Å². The van der Waals surface area contributed by atoms with Crippen LogP contribution in [0.3, 0.4) is 0 Å². The summed E-state index contributed by atoms with van der Waals surface area (Å²) in [7, 11) is 0. The number of carbonyl (C=O) groups excluding carboxylic acids is 1. The number of carbonyl (C=O) groups is 1. The van der Waals surface area contributed by atoms with Crippen LogP contribution in [0.25, 0.3) is 0 Å². The number of aliphatic hydroxyl groups is 1. The van der Waals surface area contributed by atoms with Gasteiger partial charge in [0.25, 0.3) is 0 Å². The maximum Gasteiger partial charge on any atom is 0.223 e. The van der Waals surface area contributed by atoms with E-state index in [9.17, 15) is 9.90 Å². The number of hydrogen-bond acceptors (Lipinski definition) is 4. The third-order valence-corrected chi connectivity index (χ3v) is 4.88. The van der Waals surface area contributed by atoms with Gasteiger partial charge in [0, 0.05) is 24.5 Å². The summed E-state index contributed by atoms with van der Waals surface area (Å²) in [5, 5.41) is 15.7. The molecule has 0 saturated carbocycles. The summed E-state index contributed by atoms with van der Waals surface area (Å²) in [6.07, 6.45) is 6.37. The number of piperidine rings is 1. The van der Waals surface area contributed by atoms with Crippen LogP contribution in [-0.4, -0.2) is 60.8 Å². The topological polar surface area (TPSA) is 64.6 Å². The summed E-state index contributed by atoms with van der Waals surface area (Å²) in [4.78, 5) is 14.5. The Morgan fingerprint density at radius 2 is 2.24 bits per heavy atom. The Hall–Kier alpha value is -0.650. The zero-order valence-electron chi connectivity index (χ0n) is 13.3. The summed E-state index contributed by atoms with van der Waals surface area (Å²) in [6.45, 7) is 6.33. The number of aliphatic hydroxyl groups excluding tert-OH is 1. The molecule has 2 aliphatic heterocycles. The van der Waals surface area contributed by atoms with Crippen LogP contribution in [0.1, 0.15) is 45.4 Å². The highest BCUT2D eigenvalue weighted by Crippen LogP contribution is 2.17. The second kappa shape index (κ2) is 8.71. The van der Waals surface area contributed by atoms with Crippen molar-refractivity contribution in [3.63, 3.8) is 0 Å². The molecule has 0 aromatic carbocycles. The third kappa shape index (κ3) is 5.24. The number of rotatable bonds is 7. The Bertz CT molecular complexity index is 325. The number of nitrogens with one attached hydrogen (secondary N) is 2. The molecule has 21 heavy (non-hydrogen) atoms. The van der Waals surface area contributed by atoms with Gasteiger partial charge < -0.3 is 15.7 Å². The highest BCUT2D eigenvalue weighted by molar-refractivity contribution is 5.78. The monoisotopic (exact) mass is 297 g/mol. The summed E-state index contributed by atoms with van der Waals surface area (Å²) in [5.74, 6) is 0.427. The first-order valence-corrected chi connectivity index (χ1v) is 8.56. The molecule has 3 atom stereocenters. The van der Waals surface area contributed by atoms with Gasteiger partial charge in [-0.25, -0.2) is 0 Å². The second-order valence-electron chi connectivity index (χ2n) is 6.59. The fourth-order valence-corrected chi connectivity index (χ4v) is 3.56. The second-order valence-corrected chi connectivity index (χ2v) is 6.59. The smallest absolute Gasteiger partial charge is 0.223 e. The number of unbranched alkanes of at least 4 members (excludes halogenated alkanes) is 1. The fraction of sp³-hybridized carbons (Fsp3) is 0.938. The molecule has 2 heterocycles. The molecule has 0 aliphatic carbocycles. The van der Waals surface area contributed by atoms with Crippen molar-refractivity contribution in [2.75, 3.05) is 32.8 Å². The zero-order valence-corrected chi connectivity index (χ0v) is 13.3. The molecule has 122 valence electrons. The van der Waals surface area contributed by atoms with Gasteiger partial charge in [-0.3, -0.25) is 9.69 Å². The Morgan fingerprint density at radius 1 is 1.38 bits per heavy atom. The number of nitrogens with zero attached hydrogens (tertiary/aromatic N) is 1. The van der Waals surface area contributed by atoms with Crippen LogP contribution in [0, 0.1) is 5.92 Å². The van der Waals surface area contributed by atoms with Crippen molar-refractivity contribution < 1.29 is 9.90 Å². The maximum atomic E-state index is 12.1. The summed E-state index contributed by atoms with van der Waals surface area (Å²) < 4.78 is 0. The van der Waals surface area contributed by atoms with Crippen molar-refractivity contribution in [2.24, 2.45) is 5.92 Å². The maximum absolute atomic E-state index is 12.1. The van der Waals surface area contributed by atoms with E-state index in [1.807, 2.05) is 0 Å². The molecule has 0 aromatic rings. The predicted octanol–water partition coefficient (Wildman–Crippen LogP) is 0.728. The number of likely N-dealkylation sites (tertiary alicyclic amines) is 1. The molecule has 1 amide bonds. The van der Waals surface area contributed by atoms with E-state index in [4.69, 9.17) is 0 Å². The quantitative estimate of drug-likeness (QED) is 0.606. The van der Waals surface area contributed by atoms with Crippen LogP contribution in [0.4, 0.5) is 0 Å². The molecule has 1 unspecified atom stereocenters. The van der Waals surface area contributed by atoms with Gasteiger partial charge >= 0.3 is 0 Å². The van der Waals surface area contributed by atoms with E-state index < -0.39 is 0 Å². The molecule has 3 N–H and O–H groups in total. The number of amides is 1. The Morgan fingerprint density at radius 3 is 3.00 bits per heavy atom. The molecule has 2 fully saturated rings. The van der Waals surface area contributed by atoms with Crippen LogP contribution in [0.2, 0.25) is 0 Å². The van der Waals surface area contributed by atoms with Crippen molar-refractivity contribution in [2.45, 2.75) is 57.5 Å². The first-order chi connectivity index (χ1) is 10.2. The molecule has 2 saturated heterocycles. The van der Waals surface area contributed by atoms with Gasteiger partial charge in [-0.2, -0.15) is 0 Å². The minimum atomic E-state index is 0.193. The van der Waals surface area contributed by atoms with Crippen molar-refractivity contribution in [3.05, 3.63) is 0 Å². The lowest BCUT2D eigenvalue weighted by atomic mass is 9.92. The third-order valence-electron chi connectivity index (χ3n) is 4.88. The molecule has 0 bridgehead atoms. The van der Waals surface area contributed by atoms with Gasteiger partial charge in [0.05, 0.1) is 6.61 Å². The van der Waals surface area contributed by atoms with Gasteiger partial charge in [-0.05, 0) is 65.1 Å². The van der Waals surface area contributed by atoms with E-state index in [1.54, 1.807) is 0 Å². The Kier molecular flexibility index (Phi) is 6.93. The summed E-state index contributed by atoms with van der Waals surface area (Å²) >= 11 is 0. The van der Waals surface area contributed by atoms with Gasteiger partial charge in [-0.15, -0.1) is 0 Å². The molecule has 0 radical (unpaired) electrons. The number of hydrogen-bond donors (Lipinski definition) is 3. The Balaban J connectivity index is 1.54. The molecular weight excluding hydrogens is 266 g/mol. The summed E-state index contributed by atoms with van der Waals surface area (Å²) in [6, 6.07) is 0.830. The van der Waals surface area contributed by atoms with E-state index in [0.717, 1.165) is 58.3 Å². The Labute approximate surface area is 128 Å². The minimum Gasteiger partial charge on any atom is -0.395 e. The van der Waals surface area contributed by atoms with Gasteiger partial charge in [0.2, 0.25) is 5.91 Å². The fourth-order valence-electron chi connectivity index (χ4n) is 3.56. The normalized spacial score (nSPS) is 30.5. The van der Waals surface area contributed by atoms with Crippen molar-refractivity contribution in [1.82, 2.24) is 15.5 Å². The average molecular weight is 297 g/mol. The molecule has 0 aromatic heterocycles. The zero-order chi connectivity index (χ0) is 15.1. The van der Waals surface area contributed by atoms with Gasteiger partial charge in [0.1, 0.15) is 0 Å². The van der Waals surface area contributed by atoms with Crippen LogP contribution in [0.5, 0.6) is 0 Å². The lowest BCUT2D eigenvalue weighted by Crippen LogP contribution is -2.42. The molecule has 2 rings (SSSR count). The minimum absolute atomic E-state index is 0.193.